The summed E-state index contributed by atoms with van der Waals surface area (Å²) < 4.78 is 37.0. The second kappa shape index (κ2) is 2.98. The van der Waals surface area contributed by atoms with E-state index >= 15 is 0 Å². The molecule has 76 valence electrons. The summed E-state index contributed by atoms with van der Waals surface area (Å²) in [5.41, 5.74) is 5.69. The molecule has 0 bridgehead atoms. The molecule has 0 spiro atoms. The molecule has 2 rings (SSSR count). The Kier molecular flexibility index (Phi) is 2.03. The molecule has 4 heteroatoms. The van der Waals surface area contributed by atoms with Gasteiger partial charge in [0.05, 0.1) is 5.56 Å². The van der Waals surface area contributed by atoms with Crippen LogP contribution in [0.5, 0.6) is 0 Å². The van der Waals surface area contributed by atoms with Gasteiger partial charge in [-0.25, -0.2) is 0 Å². The summed E-state index contributed by atoms with van der Waals surface area (Å²) in [4.78, 5) is 0. The van der Waals surface area contributed by atoms with Gasteiger partial charge in [-0.3, -0.25) is 0 Å². The lowest BCUT2D eigenvalue weighted by Crippen LogP contribution is -2.06. The number of nitrogens with two attached hydrogens (primary N) is 1. The number of benzene rings is 1. The number of alkyl halides is 3. The smallest absolute Gasteiger partial charge is 0.327 e. The molecule has 0 heterocycles. The van der Waals surface area contributed by atoms with Gasteiger partial charge in [0.15, 0.2) is 0 Å². The van der Waals surface area contributed by atoms with E-state index in [9.17, 15) is 13.2 Å². The molecule has 2 atom stereocenters. The average Bonchev–Trinajstić information content (AvgIpc) is 2.82. The topological polar surface area (TPSA) is 26.0 Å². The minimum Gasteiger partial charge on any atom is -0.327 e. The first-order chi connectivity index (χ1) is 6.48. The normalized spacial score (nSPS) is 26.3. The van der Waals surface area contributed by atoms with Crippen LogP contribution in [-0.2, 0) is 6.18 Å². The second-order valence-electron chi connectivity index (χ2n) is 3.63. The zero-order chi connectivity index (χ0) is 10.3. The number of rotatable bonds is 1. The van der Waals surface area contributed by atoms with Gasteiger partial charge in [0, 0.05) is 12.0 Å². The first kappa shape index (κ1) is 9.52. The van der Waals surface area contributed by atoms with Crippen LogP contribution >= 0.6 is 0 Å². The van der Waals surface area contributed by atoms with E-state index in [1.807, 2.05) is 0 Å². The maximum absolute atomic E-state index is 12.3. The Morgan fingerprint density at radius 1 is 1.29 bits per heavy atom. The van der Waals surface area contributed by atoms with Gasteiger partial charge < -0.3 is 5.73 Å². The Morgan fingerprint density at radius 2 is 1.93 bits per heavy atom. The van der Waals surface area contributed by atoms with Gasteiger partial charge in [0.2, 0.25) is 0 Å². The highest BCUT2D eigenvalue weighted by molar-refractivity contribution is 5.32. The summed E-state index contributed by atoms with van der Waals surface area (Å²) >= 11 is 0. The largest absolute Gasteiger partial charge is 0.416 e. The third-order valence-electron chi connectivity index (χ3n) is 2.48. The highest BCUT2D eigenvalue weighted by Gasteiger charge is 2.37. The van der Waals surface area contributed by atoms with E-state index in [0.717, 1.165) is 12.5 Å². The van der Waals surface area contributed by atoms with Crippen molar-refractivity contribution < 1.29 is 13.2 Å². The molecule has 0 aromatic heterocycles. The van der Waals surface area contributed by atoms with Gasteiger partial charge in [0.25, 0.3) is 0 Å². The van der Waals surface area contributed by atoms with Gasteiger partial charge >= 0.3 is 6.18 Å². The molecule has 0 unspecified atom stereocenters. The van der Waals surface area contributed by atoms with E-state index in [2.05, 4.69) is 0 Å². The van der Waals surface area contributed by atoms with Crippen LogP contribution in [0.4, 0.5) is 13.2 Å². The fourth-order valence-electron chi connectivity index (χ4n) is 1.54. The molecular weight excluding hydrogens is 191 g/mol. The average molecular weight is 201 g/mol. The summed E-state index contributed by atoms with van der Waals surface area (Å²) in [5.74, 6) is 0.122. The summed E-state index contributed by atoms with van der Waals surface area (Å²) in [6, 6.07) is 5.45. The second-order valence-corrected chi connectivity index (χ2v) is 3.63. The van der Waals surface area contributed by atoms with Gasteiger partial charge in [0.1, 0.15) is 0 Å². The van der Waals surface area contributed by atoms with E-state index in [0.29, 0.717) is 5.56 Å². The lowest BCUT2D eigenvalue weighted by atomic mass is 10.1. The molecule has 0 radical (unpaired) electrons. The molecule has 1 saturated carbocycles. The minimum absolute atomic E-state index is 0.0403. The molecule has 1 aromatic rings. The van der Waals surface area contributed by atoms with Crippen molar-refractivity contribution in [3.05, 3.63) is 35.4 Å². The quantitative estimate of drug-likeness (QED) is 0.742. The Balaban J connectivity index is 2.28. The monoisotopic (exact) mass is 201 g/mol. The molecule has 1 nitrogen and oxygen atoms in total. The molecule has 1 aliphatic rings. The standard InChI is InChI=1S/C10H10F3N/c11-10(12,13)7-3-1-2-6(4-7)8-5-9(8)14/h1-4,8-9H,5,14H2/t8-,9+/m0/s1. The van der Waals surface area contributed by atoms with E-state index < -0.39 is 11.7 Å². The van der Waals surface area contributed by atoms with Gasteiger partial charge in [-0.15, -0.1) is 0 Å². The summed E-state index contributed by atoms with van der Waals surface area (Å²) in [6.07, 6.45) is -3.46. The van der Waals surface area contributed by atoms with Crippen LogP contribution in [0.3, 0.4) is 0 Å². The third kappa shape index (κ3) is 1.75. The zero-order valence-electron chi connectivity index (χ0n) is 7.38. The van der Waals surface area contributed by atoms with Crippen LogP contribution in [0.2, 0.25) is 0 Å². The van der Waals surface area contributed by atoms with Crippen molar-refractivity contribution in [2.24, 2.45) is 5.73 Å². The van der Waals surface area contributed by atoms with Gasteiger partial charge in [-0.2, -0.15) is 13.2 Å². The third-order valence-corrected chi connectivity index (χ3v) is 2.48. The van der Waals surface area contributed by atoms with Crippen molar-refractivity contribution in [1.29, 1.82) is 0 Å². The summed E-state index contributed by atoms with van der Waals surface area (Å²) in [6.45, 7) is 0. The number of hydrogen-bond acceptors (Lipinski definition) is 1. The first-order valence-electron chi connectivity index (χ1n) is 4.41. The van der Waals surface area contributed by atoms with E-state index in [1.54, 1.807) is 6.07 Å². The van der Waals surface area contributed by atoms with Crippen LogP contribution in [0.1, 0.15) is 23.5 Å². The maximum atomic E-state index is 12.3. The fourth-order valence-corrected chi connectivity index (χ4v) is 1.54. The zero-order valence-corrected chi connectivity index (χ0v) is 7.38. The van der Waals surface area contributed by atoms with Crippen LogP contribution < -0.4 is 5.73 Å². The molecule has 1 fully saturated rings. The first-order valence-corrected chi connectivity index (χ1v) is 4.41. The Hall–Kier alpha value is -1.03. The number of halogens is 3. The molecule has 1 aromatic carbocycles. The Morgan fingerprint density at radius 3 is 2.43 bits per heavy atom. The Bertz CT molecular complexity index is 345. The van der Waals surface area contributed by atoms with Gasteiger partial charge in [-0.1, -0.05) is 18.2 Å². The predicted octanol–water partition coefficient (Wildman–Crippen LogP) is 2.52. The maximum Gasteiger partial charge on any atom is 0.416 e. The van der Waals surface area contributed by atoms with Gasteiger partial charge in [-0.05, 0) is 18.1 Å². The lowest BCUT2D eigenvalue weighted by Gasteiger charge is -2.07. The van der Waals surface area contributed by atoms with Crippen LogP contribution in [0.25, 0.3) is 0 Å². The fraction of sp³-hybridized carbons (Fsp3) is 0.400. The van der Waals surface area contributed by atoms with Crippen molar-refractivity contribution in [2.45, 2.75) is 24.6 Å². The SMILES string of the molecule is N[C@@H]1C[C@H]1c1cccc(C(F)(F)F)c1. The van der Waals surface area contributed by atoms with Crippen molar-refractivity contribution >= 4 is 0 Å². The van der Waals surface area contributed by atoms with Crippen molar-refractivity contribution in [2.75, 3.05) is 0 Å². The van der Waals surface area contributed by atoms with Crippen molar-refractivity contribution in [3.8, 4) is 0 Å². The summed E-state index contributed by atoms with van der Waals surface area (Å²) in [5, 5.41) is 0. The summed E-state index contributed by atoms with van der Waals surface area (Å²) in [7, 11) is 0. The molecule has 2 N–H and O–H groups in total. The van der Waals surface area contributed by atoms with E-state index in [4.69, 9.17) is 5.73 Å². The molecule has 0 aliphatic heterocycles. The van der Waals surface area contributed by atoms with Crippen molar-refractivity contribution in [3.63, 3.8) is 0 Å². The number of hydrogen-bond donors (Lipinski definition) is 1. The predicted molar refractivity (Wildman–Crippen MR) is 46.8 cm³/mol. The van der Waals surface area contributed by atoms with Crippen molar-refractivity contribution in [1.82, 2.24) is 0 Å². The highest BCUT2D eigenvalue weighted by atomic mass is 19.4. The lowest BCUT2D eigenvalue weighted by molar-refractivity contribution is -0.137. The molecule has 0 saturated heterocycles. The molecule has 1 aliphatic carbocycles. The van der Waals surface area contributed by atoms with Crippen LogP contribution in [0, 0.1) is 0 Å². The van der Waals surface area contributed by atoms with E-state index in [1.165, 1.54) is 12.1 Å². The van der Waals surface area contributed by atoms with Crippen LogP contribution in [-0.4, -0.2) is 6.04 Å². The minimum atomic E-state index is -4.25. The Labute approximate surface area is 79.7 Å². The van der Waals surface area contributed by atoms with E-state index in [-0.39, 0.29) is 12.0 Å². The molecule has 0 amide bonds. The molecule has 14 heavy (non-hydrogen) atoms. The highest BCUT2D eigenvalue weighted by Crippen LogP contribution is 2.40. The van der Waals surface area contributed by atoms with Crippen LogP contribution in [0.15, 0.2) is 24.3 Å². The molecular formula is C10H10F3N.